The number of halogens is 2. The number of hydrogen-bond acceptors (Lipinski definition) is 4. The maximum absolute atomic E-state index is 13.0. The van der Waals surface area contributed by atoms with Gasteiger partial charge in [0.2, 0.25) is 11.2 Å². The summed E-state index contributed by atoms with van der Waals surface area (Å²) in [6.07, 6.45) is 1.45. The van der Waals surface area contributed by atoms with E-state index in [0.717, 1.165) is 0 Å². The topological polar surface area (TPSA) is 63.7 Å². The van der Waals surface area contributed by atoms with Gasteiger partial charge in [0.15, 0.2) is 5.65 Å². The van der Waals surface area contributed by atoms with Crippen molar-refractivity contribution in [2.75, 3.05) is 0 Å². The van der Waals surface area contributed by atoms with Gasteiger partial charge in [0, 0.05) is 6.07 Å². The Morgan fingerprint density at radius 1 is 1.28 bits per heavy atom. The maximum Gasteiger partial charge on any atom is 0.250 e. The van der Waals surface area contributed by atoms with Crippen LogP contribution < -0.4 is 4.74 Å². The fourth-order valence-corrected chi connectivity index (χ4v) is 1.65. The third-order valence-electron chi connectivity index (χ3n) is 2.24. The maximum atomic E-state index is 13.0. The first kappa shape index (κ1) is 10.9. The molecule has 7 heteroatoms. The number of rotatable bonds is 2. The summed E-state index contributed by atoms with van der Waals surface area (Å²) in [7, 11) is 0. The van der Waals surface area contributed by atoms with Gasteiger partial charge < -0.3 is 9.72 Å². The highest BCUT2D eigenvalue weighted by Crippen LogP contribution is 2.26. The van der Waals surface area contributed by atoms with Gasteiger partial charge in [-0.2, -0.15) is 9.97 Å². The number of aromatic amines is 1. The minimum atomic E-state index is -0.395. The quantitative estimate of drug-likeness (QED) is 0.723. The third-order valence-corrected chi connectivity index (χ3v) is 2.40. The number of hydrogen-bond donors (Lipinski definition) is 1. The molecule has 3 aromatic rings. The molecule has 0 atom stereocenters. The number of benzene rings is 1. The van der Waals surface area contributed by atoms with Crippen molar-refractivity contribution in [2.24, 2.45) is 0 Å². The van der Waals surface area contributed by atoms with E-state index in [1.54, 1.807) is 6.07 Å². The smallest absolute Gasteiger partial charge is 0.250 e. The summed E-state index contributed by atoms with van der Waals surface area (Å²) in [6, 6.07) is 5.72. The van der Waals surface area contributed by atoms with Gasteiger partial charge in [-0.25, -0.2) is 9.37 Å². The van der Waals surface area contributed by atoms with Crippen LogP contribution in [0.25, 0.3) is 11.2 Å². The van der Waals surface area contributed by atoms with Crippen molar-refractivity contribution in [3.8, 4) is 11.6 Å². The summed E-state index contributed by atoms with van der Waals surface area (Å²) in [4.78, 5) is 14.6. The highest BCUT2D eigenvalue weighted by Gasteiger charge is 2.11. The van der Waals surface area contributed by atoms with Gasteiger partial charge in [-0.15, -0.1) is 0 Å². The van der Waals surface area contributed by atoms with Gasteiger partial charge in [-0.3, -0.25) is 0 Å². The van der Waals surface area contributed by atoms with Crippen LogP contribution in [0.5, 0.6) is 11.6 Å². The van der Waals surface area contributed by atoms with Crippen molar-refractivity contribution in [2.45, 2.75) is 0 Å². The van der Waals surface area contributed by atoms with Crippen molar-refractivity contribution in [3.63, 3.8) is 0 Å². The van der Waals surface area contributed by atoms with E-state index in [4.69, 9.17) is 16.3 Å². The Morgan fingerprint density at radius 3 is 3.00 bits per heavy atom. The SMILES string of the molecule is Fc1cccc(Oc2nc(Cl)nc3nc[nH]c23)c1. The number of imidazole rings is 1. The Hall–Kier alpha value is -2.21. The number of fused-ring (bicyclic) bond motifs is 1. The summed E-state index contributed by atoms with van der Waals surface area (Å²) in [6.45, 7) is 0. The summed E-state index contributed by atoms with van der Waals surface area (Å²) in [5.41, 5.74) is 0.894. The fraction of sp³-hybridized carbons (Fsp3) is 0. The summed E-state index contributed by atoms with van der Waals surface area (Å²) < 4.78 is 18.5. The predicted octanol–water partition coefficient (Wildman–Crippen LogP) is 2.94. The van der Waals surface area contributed by atoms with Crippen molar-refractivity contribution in [1.29, 1.82) is 0 Å². The molecule has 2 heterocycles. The Morgan fingerprint density at radius 2 is 2.17 bits per heavy atom. The van der Waals surface area contributed by atoms with Crippen molar-refractivity contribution >= 4 is 22.8 Å². The minimum absolute atomic E-state index is 0.0148. The largest absolute Gasteiger partial charge is 0.437 e. The Bertz CT molecular complexity index is 715. The van der Waals surface area contributed by atoms with Crippen LogP contribution in [0, 0.1) is 5.82 Å². The number of nitrogens with zero attached hydrogens (tertiary/aromatic N) is 3. The van der Waals surface area contributed by atoms with Gasteiger partial charge in [0.25, 0.3) is 0 Å². The van der Waals surface area contributed by atoms with E-state index < -0.39 is 5.82 Å². The van der Waals surface area contributed by atoms with Crippen LogP contribution in [-0.4, -0.2) is 19.9 Å². The van der Waals surface area contributed by atoms with Gasteiger partial charge in [0.05, 0.1) is 6.33 Å². The molecule has 3 rings (SSSR count). The highest BCUT2D eigenvalue weighted by molar-refractivity contribution is 6.28. The van der Waals surface area contributed by atoms with Crippen LogP contribution in [0.4, 0.5) is 4.39 Å². The molecule has 0 saturated carbocycles. The Labute approximate surface area is 106 Å². The minimum Gasteiger partial charge on any atom is -0.437 e. The molecule has 0 fully saturated rings. The fourth-order valence-electron chi connectivity index (χ4n) is 1.50. The molecule has 0 bridgehead atoms. The molecule has 1 N–H and O–H groups in total. The van der Waals surface area contributed by atoms with Gasteiger partial charge in [-0.05, 0) is 23.7 Å². The zero-order valence-corrected chi connectivity index (χ0v) is 9.65. The number of ether oxygens (including phenoxy) is 1. The predicted molar refractivity (Wildman–Crippen MR) is 63.2 cm³/mol. The molecule has 18 heavy (non-hydrogen) atoms. The molecule has 0 aliphatic heterocycles. The second kappa shape index (κ2) is 4.23. The average Bonchev–Trinajstić information content (AvgIpc) is 2.77. The molecular formula is C11H6ClFN4O. The molecule has 2 aromatic heterocycles. The molecule has 0 amide bonds. The molecule has 0 aliphatic rings. The van der Waals surface area contributed by atoms with Crippen molar-refractivity contribution in [1.82, 2.24) is 19.9 Å². The van der Waals surface area contributed by atoms with Gasteiger partial charge in [-0.1, -0.05) is 6.07 Å². The van der Waals surface area contributed by atoms with Gasteiger partial charge >= 0.3 is 0 Å². The normalized spacial score (nSPS) is 10.8. The Balaban J connectivity index is 2.06. The highest BCUT2D eigenvalue weighted by atomic mass is 35.5. The third kappa shape index (κ3) is 1.98. The lowest BCUT2D eigenvalue weighted by Gasteiger charge is -2.05. The van der Waals surface area contributed by atoms with Crippen molar-refractivity contribution < 1.29 is 9.13 Å². The van der Waals surface area contributed by atoms with E-state index in [1.807, 2.05) is 0 Å². The lowest BCUT2D eigenvalue weighted by Crippen LogP contribution is -1.93. The Kier molecular flexibility index (Phi) is 2.56. The molecule has 1 aromatic carbocycles. The van der Waals surface area contributed by atoms with E-state index in [2.05, 4.69) is 19.9 Å². The first-order valence-corrected chi connectivity index (χ1v) is 5.40. The number of aromatic nitrogens is 4. The van der Waals surface area contributed by atoms with E-state index >= 15 is 0 Å². The second-order valence-electron chi connectivity index (χ2n) is 3.46. The monoisotopic (exact) mass is 264 g/mol. The summed E-state index contributed by atoms with van der Waals surface area (Å²) in [5, 5.41) is 0.0148. The van der Waals surface area contributed by atoms with E-state index in [0.29, 0.717) is 16.9 Å². The second-order valence-corrected chi connectivity index (χ2v) is 3.80. The molecule has 90 valence electrons. The lowest BCUT2D eigenvalue weighted by atomic mass is 10.3. The molecule has 0 radical (unpaired) electrons. The average molecular weight is 265 g/mol. The molecular weight excluding hydrogens is 259 g/mol. The molecule has 0 unspecified atom stereocenters. The first-order chi connectivity index (χ1) is 8.72. The van der Waals surface area contributed by atoms with Crippen molar-refractivity contribution in [3.05, 3.63) is 41.7 Å². The standard InChI is InChI=1S/C11H6ClFN4O/c12-11-16-9-8(14-5-15-9)10(17-11)18-7-3-1-2-6(13)4-7/h1-5H,(H,14,15,16,17). The first-order valence-electron chi connectivity index (χ1n) is 5.02. The van der Waals surface area contributed by atoms with Crippen LogP contribution in [0.1, 0.15) is 0 Å². The van der Waals surface area contributed by atoms with Crippen LogP contribution >= 0.6 is 11.6 Å². The zero-order valence-electron chi connectivity index (χ0n) is 8.89. The van der Waals surface area contributed by atoms with Crippen LogP contribution in [0.3, 0.4) is 0 Å². The lowest BCUT2D eigenvalue weighted by molar-refractivity contribution is 0.462. The molecule has 5 nitrogen and oxygen atoms in total. The number of H-pyrrole nitrogens is 1. The van der Waals surface area contributed by atoms with Gasteiger partial charge in [0.1, 0.15) is 17.1 Å². The van der Waals surface area contributed by atoms with Crippen LogP contribution in [0.15, 0.2) is 30.6 Å². The molecule has 0 spiro atoms. The zero-order chi connectivity index (χ0) is 12.5. The van der Waals surface area contributed by atoms with E-state index in [9.17, 15) is 4.39 Å². The van der Waals surface area contributed by atoms with E-state index in [1.165, 1.54) is 24.5 Å². The summed E-state index contributed by atoms with van der Waals surface area (Å²) in [5.74, 6) is 0.127. The number of nitrogens with one attached hydrogen (secondary N) is 1. The molecule has 0 saturated heterocycles. The summed E-state index contributed by atoms with van der Waals surface area (Å²) >= 11 is 5.75. The van der Waals surface area contributed by atoms with Crippen LogP contribution in [0.2, 0.25) is 5.28 Å². The van der Waals surface area contributed by atoms with Crippen LogP contribution in [-0.2, 0) is 0 Å². The molecule has 0 aliphatic carbocycles. The van der Waals surface area contributed by atoms with E-state index in [-0.39, 0.29) is 11.2 Å².